The molecule has 2 heterocycles. The summed E-state index contributed by atoms with van der Waals surface area (Å²) in [5.74, 6) is 1.36. The fourth-order valence-electron chi connectivity index (χ4n) is 4.84. The number of amides is 1. The summed E-state index contributed by atoms with van der Waals surface area (Å²) in [7, 11) is 0. The van der Waals surface area contributed by atoms with Gasteiger partial charge in [0.05, 0.1) is 6.33 Å². The number of imidazole rings is 1. The molecule has 2 aromatic heterocycles. The molecule has 0 saturated heterocycles. The highest BCUT2D eigenvalue weighted by molar-refractivity contribution is 5.95. The summed E-state index contributed by atoms with van der Waals surface area (Å²) in [6.07, 6.45) is 10.2. The van der Waals surface area contributed by atoms with Gasteiger partial charge in [0.25, 0.3) is 5.91 Å². The molecule has 6 rings (SSSR count). The van der Waals surface area contributed by atoms with E-state index in [1.165, 1.54) is 24.8 Å². The fourth-order valence-corrected chi connectivity index (χ4v) is 4.84. The van der Waals surface area contributed by atoms with E-state index in [2.05, 4.69) is 27.3 Å². The van der Waals surface area contributed by atoms with Crippen LogP contribution >= 0.6 is 0 Å². The maximum atomic E-state index is 12.4. The number of nitrogens with one attached hydrogen (secondary N) is 2. The van der Waals surface area contributed by atoms with Gasteiger partial charge in [-0.1, -0.05) is 61.7 Å². The van der Waals surface area contributed by atoms with Crippen LogP contribution in [0.5, 0.6) is 0 Å². The molecule has 2 N–H and O–H groups in total. The molecule has 1 amide bonds. The molecule has 0 atom stereocenters. The number of carbonyl (C=O) groups excluding carboxylic acids is 1. The van der Waals surface area contributed by atoms with Crippen molar-refractivity contribution in [3.8, 4) is 11.4 Å². The van der Waals surface area contributed by atoms with Crippen molar-refractivity contribution in [3.63, 3.8) is 0 Å². The lowest BCUT2D eigenvalue weighted by Gasteiger charge is -2.23. The summed E-state index contributed by atoms with van der Waals surface area (Å²) >= 11 is 0. The molecular formula is C28H30N6O. The molecule has 0 unspecified atom stereocenters. The topological polar surface area (TPSA) is 84.7 Å². The molecule has 7 nitrogen and oxygen atoms in total. The minimum Gasteiger partial charge on any atom is -0.364 e. The Morgan fingerprint density at radius 3 is 2.43 bits per heavy atom. The number of anilines is 1. The normalized spacial score (nSPS) is 16.3. The first kappa shape index (κ1) is 21.8. The maximum Gasteiger partial charge on any atom is 0.251 e. The van der Waals surface area contributed by atoms with Crippen LogP contribution in [0, 0.1) is 0 Å². The van der Waals surface area contributed by atoms with Gasteiger partial charge in [0.15, 0.2) is 17.3 Å². The highest BCUT2D eigenvalue weighted by Gasteiger charge is 2.24. The third-order valence-corrected chi connectivity index (χ3v) is 7.01. The monoisotopic (exact) mass is 466 g/mol. The zero-order chi connectivity index (χ0) is 23.6. The molecule has 2 aliphatic rings. The van der Waals surface area contributed by atoms with E-state index in [1.54, 1.807) is 0 Å². The van der Waals surface area contributed by atoms with E-state index in [0.717, 1.165) is 48.2 Å². The number of benzene rings is 2. The van der Waals surface area contributed by atoms with Gasteiger partial charge < -0.3 is 15.2 Å². The van der Waals surface area contributed by atoms with Crippen LogP contribution in [0.2, 0.25) is 0 Å². The molecule has 178 valence electrons. The van der Waals surface area contributed by atoms with Crippen molar-refractivity contribution in [2.75, 3.05) is 5.32 Å². The smallest absolute Gasteiger partial charge is 0.251 e. The highest BCUT2D eigenvalue weighted by Crippen LogP contribution is 2.33. The number of aromatic nitrogens is 4. The predicted molar refractivity (Wildman–Crippen MR) is 137 cm³/mol. The molecule has 4 aromatic rings. The van der Waals surface area contributed by atoms with E-state index in [4.69, 9.17) is 15.0 Å². The van der Waals surface area contributed by atoms with Crippen molar-refractivity contribution >= 4 is 22.9 Å². The molecule has 0 aliphatic heterocycles. The van der Waals surface area contributed by atoms with Crippen molar-refractivity contribution in [2.45, 2.75) is 63.6 Å². The summed E-state index contributed by atoms with van der Waals surface area (Å²) < 4.78 is 2.24. The van der Waals surface area contributed by atoms with Gasteiger partial charge in [-0.25, -0.2) is 15.0 Å². The standard InChI is InChI=1S/C28H30N6O/c35-28(31-22-15-16-22)21-13-11-20(12-14-21)25-32-26(29-17-19-7-3-1-4-8-19)24-27(33-25)34(18-30-24)23-9-5-2-6-10-23/h1,3-4,7-8,11-14,18,22-23H,2,5-6,9-10,15-17H2,(H,31,35)(H,29,32,33). The average Bonchev–Trinajstić information content (AvgIpc) is 3.63. The van der Waals surface area contributed by atoms with Crippen molar-refractivity contribution in [3.05, 3.63) is 72.1 Å². The molecule has 7 heteroatoms. The first-order chi connectivity index (χ1) is 17.2. The number of hydrogen-bond donors (Lipinski definition) is 2. The van der Waals surface area contributed by atoms with E-state index in [0.29, 0.717) is 30.0 Å². The lowest BCUT2D eigenvalue weighted by molar-refractivity contribution is 0.0951. The summed E-state index contributed by atoms with van der Waals surface area (Å²) in [5, 5.41) is 6.54. The largest absolute Gasteiger partial charge is 0.364 e. The Labute approximate surface area is 205 Å². The van der Waals surface area contributed by atoms with E-state index < -0.39 is 0 Å². The van der Waals surface area contributed by atoms with Gasteiger partial charge in [-0.05, 0) is 43.4 Å². The van der Waals surface area contributed by atoms with Crippen LogP contribution in [0.4, 0.5) is 5.82 Å². The number of nitrogens with zero attached hydrogens (tertiary/aromatic N) is 4. The second-order valence-corrected chi connectivity index (χ2v) is 9.68. The van der Waals surface area contributed by atoms with Crippen molar-refractivity contribution in [1.29, 1.82) is 0 Å². The molecule has 2 aliphatic carbocycles. The van der Waals surface area contributed by atoms with Crippen LogP contribution in [-0.4, -0.2) is 31.5 Å². The zero-order valence-corrected chi connectivity index (χ0v) is 19.8. The summed E-state index contributed by atoms with van der Waals surface area (Å²) in [5.41, 5.74) is 4.40. The lowest BCUT2D eigenvalue weighted by atomic mass is 9.95. The Balaban J connectivity index is 1.35. The molecule has 2 saturated carbocycles. The molecule has 0 radical (unpaired) electrons. The number of fused-ring (bicyclic) bond motifs is 1. The fraction of sp³-hybridized carbons (Fsp3) is 0.357. The second-order valence-electron chi connectivity index (χ2n) is 9.68. The quantitative estimate of drug-likeness (QED) is 0.376. The summed E-state index contributed by atoms with van der Waals surface area (Å²) in [6.45, 7) is 0.656. The molecule has 2 fully saturated rings. The number of hydrogen-bond acceptors (Lipinski definition) is 5. The zero-order valence-electron chi connectivity index (χ0n) is 19.8. The lowest BCUT2D eigenvalue weighted by Crippen LogP contribution is -2.25. The number of rotatable bonds is 7. The van der Waals surface area contributed by atoms with Crippen LogP contribution < -0.4 is 10.6 Å². The van der Waals surface area contributed by atoms with Crippen LogP contribution in [-0.2, 0) is 6.54 Å². The maximum absolute atomic E-state index is 12.4. The van der Waals surface area contributed by atoms with Gasteiger partial charge in [-0.3, -0.25) is 4.79 Å². The first-order valence-electron chi connectivity index (χ1n) is 12.7. The Hall–Kier alpha value is -3.74. The Morgan fingerprint density at radius 2 is 1.69 bits per heavy atom. The second kappa shape index (κ2) is 9.49. The molecule has 35 heavy (non-hydrogen) atoms. The van der Waals surface area contributed by atoms with E-state index in [-0.39, 0.29) is 5.91 Å². The summed E-state index contributed by atoms with van der Waals surface area (Å²) in [4.78, 5) is 27.0. The minimum atomic E-state index is -0.0176. The van der Waals surface area contributed by atoms with Gasteiger partial charge >= 0.3 is 0 Å². The Morgan fingerprint density at radius 1 is 0.914 bits per heavy atom. The third-order valence-electron chi connectivity index (χ3n) is 7.01. The molecule has 2 aromatic carbocycles. The van der Waals surface area contributed by atoms with Crippen molar-refractivity contribution in [2.24, 2.45) is 0 Å². The van der Waals surface area contributed by atoms with Crippen LogP contribution in [0.15, 0.2) is 60.9 Å². The predicted octanol–water partition coefficient (Wildman–Crippen LogP) is 5.50. The van der Waals surface area contributed by atoms with Crippen LogP contribution in [0.3, 0.4) is 0 Å². The SMILES string of the molecule is O=C(NC1CC1)c1ccc(-c2nc(NCc3ccccc3)c3ncn(C4CCCCC4)c3n2)cc1. The van der Waals surface area contributed by atoms with Crippen LogP contribution in [0.1, 0.15) is 66.9 Å². The van der Waals surface area contributed by atoms with Gasteiger partial charge in [0.1, 0.15) is 5.52 Å². The van der Waals surface area contributed by atoms with Crippen molar-refractivity contribution < 1.29 is 4.79 Å². The summed E-state index contributed by atoms with van der Waals surface area (Å²) in [6, 6.07) is 18.6. The highest BCUT2D eigenvalue weighted by atomic mass is 16.1. The Bertz CT molecular complexity index is 1320. The number of carbonyl (C=O) groups is 1. The van der Waals surface area contributed by atoms with Crippen LogP contribution in [0.25, 0.3) is 22.6 Å². The molecule has 0 spiro atoms. The van der Waals surface area contributed by atoms with Gasteiger partial charge in [0, 0.05) is 29.8 Å². The minimum absolute atomic E-state index is 0.0176. The van der Waals surface area contributed by atoms with Gasteiger partial charge in [-0.2, -0.15) is 0 Å². The van der Waals surface area contributed by atoms with E-state index in [9.17, 15) is 4.79 Å². The third kappa shape index (κ3) is 4.76. The van der Waals surface area contributed by atoms with Gasteiger partial charge in [0.2, 0.25) is 0 Å². The van der Waals surface area contributed by atoms with E-state index in [1.807, 2.05) is 48.8 Å². The molecular weight excluding hydrogens is 436 g/mol. The Kier molecular flexibility index (Phi) is 5.90. The average molecular weight is 467 g/mol. The van der Waals surface area contributed by atoms with E-state index >= 15 is 0 Å². The van der Waals surface area contributed by atoms with Crippen molar-refractivity contribution in [1.82, 2.24) is 24.8 Å². The first-order valence-corrected chi connectivity index (χ1v) is 12.7. The van der Waals surface area contributed by atoms with Gasteiger partial charge in [-0.15, -0.1) is 0 Å². The molecule has 0 bridgehead atoms.